The van der Waals surface area contributed by atoms with Crippen molar-refractivity contribution in [1.82, 2.24) is 0 Å². The van der Waals surface area contributed by atoms with E-state index in [-0.39, 0.29) is 0 Å². The summed E-state index contributed by atoms with van der Waals surface area (Å²) in [4.78, 5) is 0. The summed E-state index contributed by atoms with van der Waals surface area (Å²) in [5, 5.41) is 0. The molecular formula is C17H17NO. The van der Waals surface area contributed by atoms with Gasteiger partial charge in [-0.15, -0.1) is 0 Å². The molecule has 0 aliphatic heterocycles. The number of rotatable bonds is 3. The van der Waals surface area contributed by atoms with E-state index in [2.05, 4.69) is 11.8 Å². The predicted molar refractivity (Wildman–Crippen MR) is 77.9 cm³/mol. The van der Waals surface area contributed by atoms with Gasteiger partial charge in [-0.25, -0.2) is 0 Å². The van der Waals surface area contributed by atoms with Crippen LogP contribution in [0, 0.1) is 18.8 Å². The summed E-state index contributed by atoms with van der Waals surface area (Å²) in [6, 6.07) is 16.0. The number of benzene rings is 2. The number of nitrogens with two attached hydrogens (primary N) is 1. The maximum atomic E-state index is 5.81. The zero-order valence-corrected chi connectivity index (χ0v) is 11.0. The van der Waals surface area contributed by atoms with Crippen molar-refractivity contribution in [3.63, 3.8) is 0 Å². The first-order chi connectivity index (χ1) is 9.29. The fraction of sp³-hybridized carbons (Fsp3) is 0.176. The van der Waals surface area contributed by atoms with Gasteiger partial charge in [0, 0.05) is 5.56 Å². The molecule has 19 heavy (non-hydrogen) atoms. The number of hydrogen-bond acceptors (Lipinski definition) is 2. The molecule has 2 heteroatoms. The van der Waals surface area contributed by atoms with E-state index in [1.807, 2.05) is 55.5 Å². The zero-order chi connectivity index (χ0) is 13.5. The predicted octanol–water partition coefficient (Wildman–Crippen LogP) is 2.88. The molecule has 2 aromatic rings. The molecule has 0 aromatic heterocycles. The quantitative estimate of drug-likeness (QED) is 0.851. The van der Waals surface area contributed by atoms with Crippen LogP contribution in [0.4, 0.5) is 0 Å². The molecule has 0 aliphatic rings. The maximum Gasteiger partial charge on any atom is 0.122 e. The molecule has 2 N–H and O–H groups in total. The Morgan fingerprint density at radius 3 is 2.74 bits per heavy atom. The van der Waals surface area contributed by atoms with Crippen LogP contribution in [0.2, 0.25) is 0 Å². The van der Waals surface area contributed by atoms with Gasteiger partial charge in [0.05, 0.1) is 6.54 Å². The molecular weight excluding hydrogens is 234 g/mol. The lowest BCUT2D eigenvalue weighted by atomic mass is 10.1. The van der Waals surface area contributed by atoms with Crippen LogP contribution in [0.3, 0.4) is 0 Å². The lowest BCUT2D eigenvalue weighted by Crippen LogP contribution is -1.97. The summed E-state index contributed by atoms with van der Waals surface area (Å²) in [5.74, 6) is 6.79. The van der Waals surface area contributed by atoms with Crippen molar-refractivity contribution in [3.8, 4) is 17.6 Å². The third-order valence-corrected chi connectivity index (χ3v) is 2.75. The van der Waals surface area contributed by atoms with Crippen molar-refractivity contribution in [3.05, 3.63) is 65.2 Å². The van der Waals surface area contributed by atoms with E-state index in [0.717, 1.165) is 22.4 Å². The van der Waals surface area contributed by atoms with Crippen molar-refractivity contribution >= 4 is 0 Å². The molecule has 0 saturated carbocycles. The summed E-state index contributed by atoms with van der Waals surface area (Å²) in [6.45, 7) is 2.96. The second-order valence-electron chi connectivity index (χ2n) is 4.26. The smallest absolute Gasteiger partial charge is 0.122 e. The van der Waals surface area contributed by atoms with Crippen molar-refractivity contribution in [2.24, 2.45) is 5.73 Å². The van der Waals surface area contributed by atoms with Gasteiger partial charge in [0.2, 0.25) is 0 Å². The van der Waals surface area contributed by atoms with Crippen LogP contribution in [0.25, 0.3) is 0 Å². The van der Waals surface area contributed by atoms with Crippen molar-refractivity contribution in [2.75, 3.05) is 6.54 Å². The molecule has 0 aliphatic carbocycles. The normalized spacial score (nSPS) is 9.58. The average molecular weight is 251 g/mol. The van der Waals surface area contributed by atoms with Crippen LogP contribution in [0.5, 0.6) is 5.75 Å². The first-order valence-corrected chi connectivity index (χ1v) is 6.26. The highest BCUT2D eigenvalue weighted by Crippen LogP contribution is 2.18. The monoisotopic (exact) mass is 251 g/mol. The van der Waals surface area contributed by atoms with Gasteiger partial charge in [-0.05, 0) is 36.2 Å². The number of ether oxygens (including phenoxy) is 1. The minimum atomic E-state index is 0.379. The van der Waals surface area contributed by atoms with Gasteiger partial charge in [0.15, 0.2) is 0 Å². The number of para-hydroxylation sites is 1. The molecule has 0 fully saturated rings. The lowest BCUT2D eigenvalue weighted by Gasteiger charge is -2.09. The summed E-state index contributed by atoms with van der Waals surface area (Å²) in [7, 11) is 0. The fourth-order valence-electron chi connectivity index (χ4n) is 1.77. The molecule has 0 spiro atoms. The topological polar surface area (TPSA) is 35.2 Å². The van der Waals surface area contributed by atoms with Crippen LogP contribution in [0.1, 0.15) is 16.7 Å². The second kappa shape index (κ2) is 6.63. The third-order valence-electron chi connectivity index (χ3n) is 2.75. The molecule has 0 unspecified atom stereocenters. The van der Waals surface area contributed by atoms with Gasteiger partial charge in [-0.3, -0.25) is 0 Å². The molecule has 0 atom stereocenters. The van der Waals surface area contributed by atoms with E-state index < -0.39 is 0 Å². The van der Waals surface area contributed by atoms with Crippen LogP contribution in [-0.2, 0) is 6.61 Å². The van der Waals surface area contributed by atoms with E-state index in [1.54, 1.807) is 0 Å². The molecule has 0 bridgehead atoms. The third kappa shape index (κ3) is 3.87. The van der Waals surface area contributed by atoms with E-state index >= 15 is 0 Å². The Morgan fingerprint density at radius 1 is 1.11 bits per heavy atom. The van der Waals surface area contributed by atoms with Gasteiger partial charge < -0.3 is 10.5 Å². The van der Waals surface area contributed by atoms with Crippen molar-refractivity contribution < 1.29 is 4.74 Å². The first kappa shape index (κ1) is 13.2. The van der Waals surface area contributed by atoms with Gasteiger partial charge in [0.1, 0.15) is 12.4 Å². The summed E-state index contributed by atoms with van der Waals surface area (Å²) < 4.78 is 5.81. The Kier molecular flexibility index (Phi) is 4.60. The largest absolute Gasteiger partial charge is 0.489 e. The highest BCUT2D eigenvalue weighted by molar-refractivity contribution is 5.37. The molecule has 2 rings (SSSR count). The van der Waals surface area contributed by atoms with Crippen molar-refractivity contribution in [2.45, 2.75) is 13.5 Å². The molecule has 96 valence electrons. The van der Waals surface area contributed by atoms with Gasteiger partial charge in [-0.2, -0.15) is 0 Å². The van der Waals surface area contributed by atoms with Gasteiger partial charge in [-0.1, -0.05) is 42.2 Å². The van der Waals surface area contributed by atoms with Crippen molar-refractivity contribution in [1.29, 1.82) is 0 Å². The average Bonchev–Trinajstić information content (AvgIpc) is 2.45. The molecule has 2 nitrogen and oxygen atoms in total. The molecule has 2 aromatic carbocycles. The zero-order valence-electron chi connectivity index (χ0n) is 11.0. The van der Waals surface area contributed by atoms with E-state index in [1.165, 1.54) is 0 Å². The second-order valence-corrected chi connectivity index (χ2v) is 4.26. The Labute approximate surface area is 114 Å². The summed E-state index contributed by atoms with van der Waals surface area (Å²) in [5.41, 5.74) is 8.58. The summed E-state index contributed by atoms with van der Waals surface area (Å²) in [6.07, 6.45) is 0. The number of hydrogen-bond donors (Lipinski definition) is 1. The minimum Gasteiger partial charge on any atom is -0.489 e. The van der Waals surface area contributed by atoms with Gasteiger partial charge in [0.25, 0.3) is 0 Å². The molecule has 0 amide bonds. The highest BCUT2D eigenvalue weighted by atomic mass is 16.5. The standard InChI is InChI=1S/C17H17NO/c1-14-6-2-3-10-17(14)19-13-16-8-4-7-15(12-16)9-5-11-18/h2-4,6-8,10,12H,11,13,18H2,1H3. The summed E-state index contributed by atoms with van der Waals surface area (Å²) >= 11 is 0. The SMILES string of the molecule is Cc1ccccc1OCc1cccc(C#CCN)c1. The van der Waals surface area contributed by atoms with Crippen LogP contribution >= 0.6 is 0 Å². The van der Waals surface area contributed by atoms with Gasteiger partial charge >= 0.3 is 0 Å². The van der Waals surface area contributed by atoms with E-state index in [9.17, 15) is 0 Å². The molecule has 0 radical (unpaired) electrons. The molecule has 0 saturated heterocycles. The van der Waals surface area contributed by atoms with Crippen LogP contribution in [0.15, 0.2) is 48.5 Å². The van der Waals surface area contributed by atoms with E-state index in [4.69, 9.17) is 10.5 Å². The molecule has 0 heterocycles. The number of aryl methyl sites for hydroxylation is 1. The Hall–Kier alpha value is -2.24. The first-order valence-electron chi connectivity index (χ1n) is 6.26. The Morgan fingerprint density at radius 2 is 1.95 bits per heavy atom. The minimum absolute atomic E-state index is 0.379. The maximum absolute atomic E-state index is 5.81. The van der Waals surface area contributed by atoms with Crippen LogP contribution in [-0.4, -0.2) is 6.54 Å². The lowest BCUT2D eigenvalue weighted by molar-refractivity contribution is 0.304. The highest BCUT2D eigenvalue weighted by Gasteiger charge is 1.99. The Bertz CT molecular complexity index is 608. The van der Waals surface area contributed by atoms with E-state index in [0.29, 0.717) is 13.2 Å². The van der Waals surface area contributed by atoms with Crippen LogP contribution < -0.4 is 10.5 Å². The fourth-order valence-corrected chi connectivity index (χ4v) is 1.77. The Balaban J connectivity index is 2.06.